The summed E-state index contributed by atoms with van der Waals surface area (Å²) in [5.41, 5.74) is 3.99. The number of para-hydroxylation sites is 1. The van der Waals surface area contributed by atoms with Crippen LogP contribution in [0.5, 0.6) is 0 Å². The molecule has 32 heavy (non-hydrogen) atoms. The molecule has 7 heteroatoms. The molecular formula is C25H27FN4O2. The maximum Gasteiger partial charge on any atom is 0.272 e. The second-order valence-corrected chi connectivity index (χ2v) is 8.38. The van der Waals surface area contributed by atoms with Gasteiger partial charge in [-0.25, -0.2) is 9.07 Å². The Balaban J connectivity index is 1.48. The lowest BCUT2D eigenvalue weighted by atomic mass is 10.1. The fraction of sp³-hybridized carbons (Fsp3) is 0.320. The third kappa shape index (κ3) is 4.15. The quantitative estimate of drug-likeness (QED) is 0.640. The Morgan fingerprint density at radius 1 is 1.12 bits per heavy atom. The van der Waals surface area contributed by atoms with Gasteiger partial charge in [0, 0.05) is 36.5 Å². The van der Waals surface area contributed by atoms with E-state index in [0.717, 1.165) is 36.1 Å². The standard InChI is InChI=1S/C25H27FN4O2/c1-16(2)29(3)25(32)18-13-11-17(12-14-18)15-27-24(31)23-19-7-6-10-21(19)30(28-23)22-9-5-4-8-20(22)26/h4-5,8-9,11-14,16H,6-7,10,15H2,1-3H3,(H,27,31). The Morgan fingerprint density at radius 2 is 1.84 bits per heavy atom. The number of carbonyl (C=O) groups excluding carboxylic acids is 2. The number of aromatic nitrogens is 2. The average Bonchev–Trinajstić information content (AvgIpc) is 3.40. The highest BCUT2D eigenvalue weighted by molar-refractivity contribution is 5.95. The van der Waals surface area contributed by atoms with Crippen LogP contribution in [0, 0.1) is 5.82 Å². The highest BCUT2D eigenvalue weighted by Gasteiger charge is 2.27. The summed E-state index contributed by atoms with van der Waals surface area (Å²) < 4.78 is 15.9. The molecule has 1 heterocycles. The molecule has 166 valence electrons. The van der Waals surface area contributed by atoms with Gasteiger partial charge in [0.05, 0.1) is 0 Å². The number of benzene rings is 2. The van der Waals surface area contributed by atoms with Gasteiger partial charge in [-0.2, -0.15) is 5.10 Å². The van der Waals surface area contributed by atoms with E-state index in [1.807, 2.05) is 26.0 Å². The summed E-state index contributed by atoms with van der Waals surface area (Å²) in [6.45, 7) is 4.24. The summed E-state index contributed by atoms with van der Waals surface area (Å²) in [6, 6.07) is 13.8. The Morgan fingerprint density at radius 3 is 2.53 bits per heavy atom. The Bertz CT molecular complexity index is 1150. The molecule has 1 aromatic heterocycles. The number of hydrogen-bond donors (Lipinski definition) is 1. The minimum atomic E-state index is -0.366. The zero-order valence-electron chi connectivity index (χ0n) is 18.6. The van der Waals surface area contributed by atoms with Gasteiger partial charge in [-0.3, -0.25) is 9.59 Å². The molecule has 0 bridgehead atoms. The first-order chi connectivity index (χ1) is 15.4. The van der Waals surface area contributed by atoms with Gasteiger partial charge in [-0.05, 0) is 62.9 Å². The first-order valence-electron chi connectivity index (χ1n) is 10.9. The first-order valence-corrected chi connectivity index (χ1v) is 10.9. The molecule has 0 saturated carbocycles. The highest BCUT2D eigenvalue weighted by atomic mass is 19.1. The van der Waals surface area contributed by atoms with Crippen molar-refractivity contribution in [1.82, 2.24) is 20.0 Å². The Hall–Kier alpha value is -3.48. The topological polar surface area (TPSA) is 67.2 Å². The molecule has 1 aliphatic carbocycles. The van der Waals surface area contributed by atoms with Crippen LogP contribution in [0.15, 0.2) is 48.5 Å². The van der Waals surface area contributed by atoms with E-state index in [0.29, 0.717) is 23.5 Å². The van der Waals surface area contributed by atoms with E-state index in [9.17, 15) is 14.0 Å². The van der Waals surface area contributed by atoms with Gasteiger partial charge < -0.3 is 10.2 Å². The van der Waals surface area contributed by atoms with Gasteiger partial charge in [-0.1, -0.05) is 24.3 Å². The van der Waals surface area contributed by atoms with Crippen molar-refractivity contribution in [2.75, 3.05) is 7.05 Å². The predicted octanol–water partition coefficient (Wildman–Crippen LogP) is 3.91. The summed E-state index contributed by atoms with van der Waals surface area (Å²) in [6.07, 6.45) is 2.44. The van der Waals surface area contributed by atoms with Crippen molar-refractivity contribution in [3.05, 3.63) is 82.4 Å². The van der Waals surface area contributed by atoms with Crippen LogP contribution in [0.3, 0.4) is 0 Å². The highest BCUT2D eigenvalue weighted by Crippen LogP contribution is 2.28. The third-order valence-electron chi connectivity index (χ3n) is 5.97. The molecule has 0 aliphatic heterocycles. The maximum absolute atomic E-state index is 14.3. The van der Waals surface area contributed by atoms with Crippen molar-refractivity contribution in [2.24, 2.45) is 0 Å². The fourth-order valence-electron chi connectivity index (χ4n) is 3.91. The van der Waals surface area contributed by atoms with Crippen LogP contribution < -0.4 is 5.32 Å². The first kappa shape index (κ1) is 21.7. The molecule has 0 atom stereocenters. The van der Waals surface area contributed by atoms with Crippen LogP contribution in [-0.2, 0) is 19.4 Å². The second kappa shape index (κ2) is 8.94. The average molecular weight is 435 g/mol. The van der Waals surface area contributed by atoms with E-state index in [1.165, 1.54) is 6.07 Å². The molecule has 2 amide bonds. The zero-order chi connectivity index (χ0) is 22.8. The van der Waals surface area contributed by atoms with Crippen LogP contribution in [0.25, 0.3) is 5.69 Å². The molecular weight excluding hydrogens is 407 g/mol. The molecule has 0 radical (unpaired) electrons. The van der Waals surface area contributed by atoms with Gasteiger partial charge in [0.1, 0.15) is 11.5 Å². The number of hydrogen-bond acceptors (Lipinski definition) is 3. The maximum atomic E-state index is 14.3. The van der Waals surface area contributed by atoms with Gasteiger partial charge >= 0.3 is 0 Å². The monoisotopic (exact) mass is 434 g/mol. The summed E-state index contributed by atoms with van der Waals surface area (Å²) in [7, 11) is 1.78. The van der Waals surface area contributed by atoms with E-state index in [-0.39, 0.29) is 23.7 Å². The van der Waals surface area contributed by atoms with Crippen LogP contribution in [0.4, 0.5) is 4.39 Å². The zero-order valence-corrected chi connectivity index (χ0v) is 18.6. The second-order valence-electron chi connectivity index (χ2n) is 8.38. The number of nitrogens with zero attached hydrogens (tertiary/aromatic N) is 3. The molecule has 0 fully saturated rings. The summed E-state index contributed by atoms with van der Waals surface area (Å²) in [5, 5.41) is 7.37. The number of rotatable bonds is 6. The summed E-state index contributed by atoms with van der Waals surface area (Å²) in [4.78, 5) is 27.0. The van der Waals surface area contributed by atoms with E-state index in [2.05, 4.69) is 10.4 Å². The van der Waals surface area contributed by atoms with E-state index in [4.69, 9.17) is 0 Å². The summed E-state index contributed by atoms with van der Waals surface area (Å²) in [5.74, 6) is -0.683. The number of fused-ring (bicyclic) bond motifs is 1. The van der Waals surface area contributed by atoms with Crippen LogP contribution in [0.2, 0.25) is 0 Å². The van der Waals surface area contributed by atoms with Gasteiger partial charge in [0.15, 0.2) is 5.69 Å². The summed E-state index contributed by atoms with van der Waals surface area (Å²) >= 11 is 0. The number of carbonyl (C=O) groups is 2. The molecule has 0 saturated heterocycles. The van der Waals surface area contributed by atoms with Crippen molar-refractivity contribution in [1.29, 1.82) is 0 Å². The van der Waals surface area contributed by atoms with Crippen LogP contribution in [0.1, 0.15) is 57.9 Å². The molecule has 1 N–H and O–H groups in total. The van der Waals surface area contributed by atoms with Gasteiger partial charge in [-0.15, -0.1) is 0 Å². The van der Waals surface area contributed by atoms with Crippen LogP contribution >= 0.6 is 0 Å². The molecule has 0 spiro atoms. The number of halogens is 1. The van der Waals surface area contributed by atoms with Crippen molar-refractivity contribution in [3.63, 3.8) is 0 Å². The Kier molecular flexibility index (Phi) is 6.08. The normalized spacial score (nSPS) is 12.7. The number of amides is 2. The SMILES string of the molecule is CC(C)N(C)C(=O)c1ccc(CNC(=O)c2nn(-c3ccccc3F)c3c2CCC3)cc1. The lowest BCUT2D eigenvalue weighted by Crippen LogP contribution is -2.32. The van der Waals surface area contributed by atoms with Gasteiger partial charge in [0.2, 0.25) is 0 Å². The minimum absolute atomic E-state index is 0.0372. The molecule has 2 aromatic carbocycles. The molecule has 4 rings (SSSR count). The lowest BCUT2D eigenvalue weighted by Gasteiger charge is -2.21. The van der Waals surface area contributed by atoms with Crippen molar-refractivity contribution in [2.45, 2.75) is 45.7 Å². The molecule has 3 aromatic rings. The van der Waals surface area contributed by atoms with Gasteiger partial charge in [0.25, 0.3) is 11.8 Å². The minimum Gasteiger partial charge on any atom is -0.347 e. The van der Waals surface area contributed by atoms with Crippen molar-refractivity contribution >= 4 is 11.8 Å². The largest absolute Gasteiger partial charge is 0.347 e. The molecule has 6 nitrogen and oxygen atoms in total. The number of nitrogens with one attached hydrogen (secondary N) is 1. The lowest BCUT2D eigenvalue weighted by molar-refractivity contribution is 0.0754. The predicted molar refractivity (Wildman–Crippen MR) is 120 cm³/mol. The van der Waals surface area contributed by atoms with Crippen molar-refractivity contribution in [3.8, 4) is 5.69 Å². The smallest absolute Gasteiger partial charge is 0.272 e. The van der Waals surface area contributed by atoms with E-state index in [1.54, 1.807) is 47.0 Å². The molecule has 1 aliphatic rings. The third-order valence-corrected chi connectivity index (χ3v) is 5.97. The van der Waals surface area contributed by atoms with Crippen LogP contribution in [-0.4, -0.2) is 39.6 Å². The van der Waals surface area contributed by atoms with E-state index >= 15 is 0 Å². The fourth-order valence-corrected chi connectivity index (χ4v) is 3.91. The Labute approximate surface area is 187 Å². The molecule has 0 unspecified atom stereocenters. The van der Waals surface area contributed by atoms with Crippen molar-refractivity contribution < 1.29 is 14.0 Å². The van der Waals surface area contributed by atoms with E-state index < -0.39 is 0 Å².